The molecule has 2 aromatic rings. The highest BCUT2D eigenvalue weighted by molar-refractivity contribution is 7.89. The molecule has 1 fully saturated rings. The summed E-state index contributed by atoms with van der Waals surface area (Å²) >= 11 is 1.27. The lowest BCUT2D eigenvalue weighted by atomic mass is 10.3. The number of methoxy groups -OCH3 is 1. The number of rotatable bonds is 7. The molecule has 1 aromatic heterocycles. The first-order valence-electron chi connectivity index (χ1n) is 9.10. The number of carbonyl (C=O) groups is 2. The Morgan fingerprint density at radius 3 is 2.57 bits per heavy atom. The van der Waals surface area contributed by atoms with Gasteiger partial charge in [-0.15, -0.1) is 11.3 Å². The van der Waals surface area contributed by atoms with Crippen molar-refractivity contribution in [2.75, 3.05) is 45.3 Å². The van der Waals surface area contributed by atoms with Crippen molar-refractivity contribution in [2.45, 2.75) is 11.8 Å². The molecule has 0 aliphatic carbocycles. The van der Waals surface area contributed by atoms with Crippen LogP contribution in [-0.4, -0.2) is 64.6 Å². The van der Waals surface area contributed by atoms with E-state index in [-0.39, 0.29) is 29.4 Å². The summed E-state index contributed by atoms with van der Waals surface area (Å²) in [5.74, 6) is -1.01. The van der Waals surface area contributed by atoms with Gasteiger partial charge in [0.25, 0.3) is 5.91 Å². The molecule has 0 unspecified atom stereocenters. The van der Waals surface area contributed by atoms with Crippen LogP contribution in [0, 0.1) is 6.92 Å². The molecule has 1 saturated heterocycles. The maximum absolute atomic E-state index is 13.0. The maximum atomic E-state index is 13.0. The van der Waals surface area contributed by atoms with E-state index in [1.54, 1.807) is 12.1 Å². The Bertz CT molecular complexity index is 1030. The average molecular weight is 455 g/mol. The molecule has 11 heteroatoms. The summed E-state index contributed by atoms with van der Waals surface area (Å²) in [5.41, 5.74) is 0.246. The highest BCUT2D eigenvalue weighted by Crippen LogP contribution is 2.30. The first-order chi connectivity index (χ1) is 14.3. The van der Waals surface area contributed by atoms with Crippen LogP contribution in [0.4, 0.5) is 5.69 Å². The van der Waals surface area contributed by atoms with E-state index in [1.807, 2.05) is 6.92 Å². The van der Waals surface area contributed by atoms with Crippen LogP contribution >= 0.6 is 11.3 Å². The standard InChI is InChI=1S/C19H22N2O7S2/c1-13-3-6-16(29-13)19(23)28-12-18(22)20-14-4-5-15(26-2)17(11-14)30(24,25)21-7-9-27-10-8-21/h3-6,11H,7-10,12H2,1-2H3,(H,20,22). The number of hydrogen-bond donors (Lipinski definition) is 1. The fourth-order valence-corrected chi connectivity index (χ4v) is 5.18. The van der Waals surface area contributed by atoms with E-state index in [1.165, 1.54) is 41.0 Å². The minimum absolute atomic E-state index is 0.0595. The smallest absolute Gasteiger partial charge is 0.348 e. The third-order valence-electron chi connectivity index (χ3n) is 4.31. The van der Waals surface area contributed by atoms with Gasteiger partial charge in [0.15, 0.2) is 6.61 Å². The number of thiophene rings is 1. The molecule has 162 valence electrons. The lowest BCUT2D eigenvalue weighted by Gasteiger charge is -2.26. The zero-order valence-corrected chi connectivity index (χ0v) is 18.2. The minimum Gasteiger partial charge on any atom is -0.495 e. The van der Waals surface area contributed by atoms with Gasteiger partial charge in [-0.3, -0.25) is 4.79 Å². The summed E-state index contributed by atoms with van der Waals surface area (Å²) in [6.07, 6.45) is 0. The van der Waals surface area contributed by atoms with Crippen LogP contribution in [-0.2, 0) is 24.3 Å². The molecular weight excluding hydrogens is 432 g/mol. The molecule has 0 spiro atoms. The number of nitrogens with zero attached hydrogens (tertiary/aromatic N) is 1. The monoisotopic (exact) mass is 454 g/mol. The van der Waals surface area contributed by atoms with Crippen molar-refractivity contribution in [2.24, 2.45) is 0 Å². The van der Waals surface area contributed by atoms with E-state index in [0.29, 0.717) is 18.1 Å². The Hall–Kier alpha value is -2.47. The Morgan fingerprint density at radius 2 is 1.93 bits per heavy atom. The van der Waals surface area contributed by atoms with Gasteiger partial charge in [-0.05, 0) is 37.3 Å². The zero-order valence-electron chi connectivity index (χ0n) is 16.5. The molecule has 0 saturated carbocycles. The number of carbonyl (C=O) groups excluding carboxylic acids is 2. The Morgan fingerprint density at radius 1 is 1.20 bits per heavy atom. The number of amides is 1. The zero-order chi connectivity index (χ0) is 21.7. The molecule has 1 N–H and O–H groups in total. The van der Waals surface area contributed by atoms with Crippen LogP contribution in [0.5, 0.6) is 5.75 Å². The lowest BCUT2D eigenvalue weighted by molar-refractivity contribution is -0.119. The van der Waals surface area contributed by atoms with E-state index < -0.39 is 28.5 Å². The number of ether oxygens (including phenoxy) is 3. The second kappa shape index (κ2) is 9.56. The largest absolute Gasteiger partial charge is 0.495 e. The number of anilines is 1. The lowest BCUT2D eigenvalue weighted by Crippen LogP contribution is -2.40. The third kappa shape index (κ3) is 5.17. The van der Waals surface area contributed by atoms with Gasteiger partial charge in [-0.2, -0.15) is 4.31 Å². The molecule has 1 aromatic carbocycles. The van der Waals surface area contributed by atoms with Gasteiger partial charge in [-0.1, -0.05) is 0 Å². The molecule has 1 aliphatic heterocycles. The van der Waals surface area contributed by atoms with Crippen molar-refractivity contribution < 1.29 is 32.2 Å². The van der Waals surface area contributed by atoms with Crippen molar-refractivity contribution >= 4 is 38.9 Å². The molecule has 1 amide bonds. The van der Waals surface area contributed by atoms with Gasteiger partial charge in [-0.25, -0.2) is 13.2 Å². The number of benzene rings is 1. The summed E-state index contributed by atoms with van der Waals surface area (Å²) in [4.78, 5) is 25.4. The number of hydrogen-bond acceptors (Lipinski definition) is 8. The molecule has 0 bridgehead atoms. The fraction of sp³-hybridized carbons (Fsp3) is 0.368. The average Bonchev–Trinajstić information content (AvgIpc) is 3.19. The summed E-state index contributed by atoms with van der Waals surface area (Å²) in [6, 6.07) is 7.72. The van der Waals surface area contributed by atoms with Crippen molar-refractivity contribution in [3.8, 4) is 5.75 Å². The van der Waals surface area contributed by atoms with Gasteiger partial charge < -0.3 is 19.5 Å². The van der Waals surface area contributed by atoms with Crippen LogP contribution in [0.15, 0.2) is 35.2 Å². The Balaban J connectivity index is 1.69. The van der Waals surface area contributed by atoms with Gasteiger partial charge >= 0.3 is 5.97 Å². The summed E-state index contributed by atoms with van der Waals surface area (Å²) in [5, 5.41) is 2.54. The quantitative estimate of drug-likeness (QED) is 0.636. The SMILES string of the molecule is COc1ccc(NC(=O)COC(=O)c2ccc(C)s2)cc1S(=O)(=O)N1CCOCC1. The fourth-order valence-electron chi connectivity index (χ4n) is 2.83. The second-order valence-corrected chi connectivity index (χ2v) is 9.61. The number of sulfonamides is 1. The van der Waals surface area contributed by atoms with E-state index in [2.05, 4.69) is 5.32 Å². The van der Waals surface area contributed by atoms with E-state index in [4.69, 9.17) is 14.2 Å². The predicted molar refractivity (Wildman–Crippen MR) is 111 cm³/mol. The van der Waals surface area contributed by atoms with Crippen molar-refractivity contribution in [3.63, 3.8) is 0 Å². The molecule has 3 rings (SSSR count). The first kappa shape index (κ1) is 22.2. The predicted octanol–water partition coefficient (Wildman–Crippen LogP) is 1.88. The highest BCUT2D eigenvalue weighted by Gasteiger charge is 2.29. The molecule has 0 atom stereocenters. The number of esters is 1. The minimum atomic E-state index is -3.83. The van der Waals surface area contributed by atoms with Gasteiger partial charge in [0.1, 0.15) is 15.5 Å². The molecular formula is C19H22N2O7S2. The van der Waals surface area contributed by atoms with E-state index >= 15 is 0 Å². The van der Waals surface area contributed by atoms with Gasteiger partial charge in [0.2, 0.25) is 10.0 Å². The van der Waals surface area contributed by atoms with Gasteiger partial charge in [0, 0.05) is 23.7 Å². The topological polar surface area (TPSA) is 111 Å². The number of morpholine rings is 1. The van der Waals surface area contributed by atoms with E-state index in [9.17, 15) is 18.0 Å². The molecule has 30 heavy (non-hydrogen) atoms. The first-order valence-corrected chi connectivity index (χ1v) is 11.4. The maximum Gasteiger partial charge on any atom is 0.348 e. The number of nitrogens with one attached hydrogen (secondary N) is 1. The second-order valence-electron chi connectivity index (χ2n) is 6.42. The normalized spacial score (nSPS) is 14.9. The van der Waals surface area contributed by atoms with Crippen molar-refractivity contribution in [1.82, 2.24) is 4.31 Å². The third-order valence-corrected chi connectivity index (χ3v) is 7.21. The molecule has 0 radical (unpaired) electrons. The summed E-state index contributed by atoms with van der Waals surface area (Å²) in [6.45, 7) is 2.47. The van der Waals surface area contributed by atoms with Crippen LogP contribution in [0.2, 0.25) is 0 Å². The highest BCUT2D eigenvalue weighted by atomic mass is 32.2. The molecule has 9 nitrogen and oxygen atoms in total. The van der Waals surface area contributed by atoms with Gasteiger partial charge in [0.05, 0.1) is 20.3 Å². The van der Waals surface area contributed by atoms with Crippen LogP contribution in [0.3, 0.4) is 0 Å². The van der Waals surface area contributed by atoms with Crippen molar-refractivity contribution in [3.05, 3.63) is 40.1 Å². The van der Waals surface area contributed by atoms with Crippen LogP contribution < -0.4 is 10.1 Å². The molecule has 1 aliphatic rings. The summed E-state index contributed by atoms with van der Waals surface area (Å²) < 4.78 is 42.7. The summed E-state index contributed by atoms with van der Waals surface area (Å²) in [7, 11) is -2.46. The van der Waals surface area contributed by atoms with Crippen LogP contribution in [0.25, 0.3) is 0 Å². The van der Waals surface area contributed by atoms with Crippen LogP contribution in [0.1, 0.15) is 14.5 Å². The van der Waals surface area contributed by atoms with Crippen molar-refractivity contribution in [1.29, 1.82) is 0 Å². The number of aryl methyl sites for hydroxylation is 1. The Kier molecular flexibility index (Phi) is 7.08. The molecule has 2 heterocycles. The Labute approximate surface area is 178 Å². The van der Waals surface area contributed by atoms with E-state index in [0.717, 1.165) is 4.88 Å².